The molecule has 1 saturated carbocycles. The summed E-state index contributed by atoms with van der Waals surface area (Å²) in [6.45, 7) is 1.80. The lowest BCUT2D eigenvalue weighted by Crippen LogP contribution is -2.36. The van der Waals surface area contributed by atoms with E-state index in [0.29, 0.717) is 23.1 Å². The quantitative estimate of drug-likeness (QED) is 0.901. The molecule has 0 unspecified atom stereocenters. The third-order valence-corrected chi connectivity index (χ3v) is 3.72. The van der Waals surface area contributed by atoms with Crippen molar-refractivity contribution in [3.63, 3.8) is 0 Å². The van der Waals surface area contributed by atoms with E-state index in [2.05, 4.69) is 25.8 Å². The highest BCUT2D eigenvalue weighted by atomic mass is 16.5. The van der Waals surface area contributed by atoms with Gasteiger partial charge in [-0.1, -0.05) is 24.4 Å². The number of aryl methyl sites for hydroxylation is 1. The van der Waals surface area contributed by atoms with E-state index in [9.17, 15) is 4.79 Å². The first-order chi connectivity index (χ1) is 10.7. The molecule has 7 heteroatoms. The zero-order valence-corrected chi connectivity index (χ0v) is 12.5. The first-order valence-electron chi connectivity index (χ1n) is 7.54. The number of carbonyl (C=O) groups is 1. The molecule has 3 rings (SSSR count). The van der Waals surface area contributed by atoms with Crippen molar-refractivity contribution < 1.29 is 9.32 Å². The Hall–Kier alpha value is -2.44. The minimum absolute atomic E-state index is 0.115. The van der Waals surface area contributed by atoms with Gasteiger partial charge < -0.3 is 15.2 Å². The lowest BCUT2D eigenvalue weighted by Gasteiger charge is -2.22. The summed E-state index contributed by atoms with van der Waals surface area (Å²) in [5.74, 6) is 1.50. The third kappa shape index (κ3) is 3.60. The molecule has 0 aliphatic heterocycles. The molecule has 0 saturated heterocycles. The summed E-state index contributed by atoms with van der Waals surface area (Å²) in [6, 6.07) is 2.02. The van der Waals surface area contributed by atoms with Gasteiger partial charge in [0.25, 0.3) is 5.91 Å². The minimum Gasteiger partial charge on any atom is -0.360 e. The van der Waals surface area contributed by atoms with Crippen LogP contribution in [0.4, 0.5) is 11.8 Å². The smallest absolute Gasteiger partial charge is 0.254 e. The van der Waals surface area contributed by atoms with Gasteiger partial charge in [-0.15, -0.1) is 0 Å². The van der Waals surface area contributed by atoms with Crippen LogP contribution in [0.3, 0.4) is 0 Å². The van der Waals surface area contributed by atoms with Crippen LogP contribution in [-0.2, 0) is 0 Å². The normalized spacial score (nSPS) is 15.5. The van der Waals surface area contributed by atoms with E-state index in [1.165, 1.54) is 31.7 Å². The minimum atomic E-state index is -0.115. The number of amides is 1. The SMILES string of the molecule is Cc1cc(Nc2ncc(C(=O)NC3CCCCC3)cn2)no1. The van der Waals surface area contributed by atoms with Crippen molar-refractivity contribution in [3.8, 4) is 0 Å². The van der Waals surface area contributed by atoms with Crippen molar-refractivity contribution in [1.82, 2.24) is 20.4 Å². The molecule has 22 heavy (non-hydrogen) atoms. The highest BCUT2D eigenvalue weighted by Crippen LogP contribution is 2.18. The average molecular weight is 301 g/mol. The number of nitrogens with one attached hydrogen (secondary N) is 2. The van der Waals surface area contributed by atoms with Crippen molar-refractivity contribution in [1.29, 1.82) is 0 Å². The molecule has 1 fully saturated rings. The molecule has 2 aromatic heterocycles. The molecular formula is C15H19N5O2. The molecule has 0 aromatic carbocycles. The molecule has 2 aromatic rings. The van der Waals surface area contributed by atoms with Gasteiger partial charge in [-0.25, -0.2) is 9.97 Å². The molecule has 2 heterocycles. The fraction of sp³-hybridized carbons (Fsp3) is 0.467. The zero-order valence-electron chi connectivity index (χ0n) is 12.5. The number of hydrogen-bond donors (Lipinski definition) is 2. The van der Waals surface area contributed by atoms with Gasteiger partial charge in [0, 0.05) is 24.5 Å². The molecule has 7 nitrogen and oxygen atoms in total. The van der Waals surface area contributed by atoms with Crippen LogP contribution in [0.15, 0.2) is 23.0 Å². The van der Waals surface area contributed by atoms with Gasteiger partial charge in [-0.2, -0.15) is 0 Å². The van der Waals surface area contributed by atoms with Gasteiger partial charge in [0.1, 0.15) is 5.76 Å². The average Bonchev–Trinajstić information content (AvgIpc) is 2.94. The third-order valence-electron chi connectivity index (χ3n) is 3.72. The summed E-state index contributed by atoms with van der Waals surface area (Å²) in [6.07, 6.45) is 8.76. The lowest BCUT2D eigenvalue weighted by molar-refractivity contribution is 0.0927. The maximum atomic E-state index is 12.1. The summed E-state index contributed by atoms with van der Waals surface area (Å²) in [4.78, 5) is 20.4. The Balaban J connectivity index is 1.59. The standard InChI is InChI=1S/C15H19N5O2/c1-10-7-13(20-22-10)19-15-16-8-11(9-17-15)14(21)18-12-5-3-2-4-6-12/h7-9,12H,2-6H2,1H3,(H,18,21)(H,16,17,19,20). The maximum absolute atomic E-state index is 12.1. The highest BCUT2D eigenvalue weighted by molar-refractivity contribution is 5.93. The maximum Gasteiger partial charge on any atom is 0.254 e. The fourth-order valence-electron chi connectivity index (χ4n) is 2.57. The van der Waals surface area contributed by atoms with E-state index in [-0.39, 0.29) is 11.9 Å². The lowest BCUT2D eigenvalue weighted by atomic mass is 9.95. The molecule has 116 valence electrons. The number of rotatable bonds is 4. The molecule has 1 amide bonds. The summed E-state index contributed by atoms with van der Waals surface area (Å²) in [5.41, 5.74) is 0.465. The fourth-order valence-corrected chi connectivity index (χ4v) is 2.57. The number of hydrogen-bond acceptors (Lipinski definition) is 6. The number of anilines is 2. The van der Waals surface area contributed by atoms with Gasteiger partial charge >= 0.3 is 0 Å². The Labute approximate surface area is 128 Å². The second-order valence-corrected chi connectivity index (χ2v) is 5.55. The van der Waals surface area contributed by atoms with Crippen molar-refractivity contribution in [2.45, 2.75) is 45.1 Å². The predicted octanol–water partition coefficient (Wildman–Crippen LogP) is 2.58. The van der Waals surface area contributed by atoms with Gasteiger partial charge in [-0.3, -0.25) is 4.79 Å². The summed E-state index contributed by atoms with van der Waals surface area (Å²) in [5, 5.41) is 9.75. The van der Waals surface area contributed by atoms with E-state index < -0.39 is 0 Å². The van der Waals surface area contributed by atoms with Crippen molar-refractivity contribution in [2.75, 3.05) is 5.32 Å². The number of nitrogens with zero attached hydrogens (tertiary/aromatic N) is 3. The summed E-state index contributed by atoms with van der Waals surface area (Å²) < 4.78 is 4.95. The van der Waals surface area contributed by atoms with E-state index in [1.807, 2.05) is 0 Å². The predicted molar refractivity (Wildman–Crippen MR) is 80.9 cm³/mol. The number of aromatic nitrogens is 3. The van der Waals surface area contributed by atoms with Gasteiger partial charge in [0.2, 0.25) is 5.95 Å². The van der Waals surface area contributed by atoms with Gasteiger partial charge in [0.05, 0.1) is 5.56 Å². The van der Waals surface area contributed by atoms with E-state index in [0.717, 1.165) is 12.8 Å². The van der Waals surface area contributed by atoms with Gasteiger partial charge in [0.15, 0.2) is 5.82 Å². The Kier molecular flexibility index (Phi) is 4.32. The van der Waals surface area contributed by atoms with Gasteiger partial charge in [-0.05, 0) is 19.8 Å². The molecule has 0 atom stereocenters. The summed E-state index contributed by atoms with van der Waals surface area (Å²) >= 11 is 0. The van der Waals surface area contributed by atoms with Crippen LogP contribution in [0.1, 0.15) is 48.2 Å². The van der Waals surface area contributed by atoms with E-state index in [4.69, 9.17) is 4.52 Å². The van der Waals surface area contributed by atoms with Crippen LogP contribution in [0.5, 0.6) is 0 Å². The summed E-state index contributed by atoms with van der Waals surface area (Å²) in [7, 11) is 0. The van der Waals surface area contributed by atoms with Crippen LogP contribution in [-0.4, -0.2) is 27.1 Å². The molecule has 0 radical (unpaired) electrons. The second-order valence-electron chi connectivity index (χ2n) is 5.55. The van der Waals surface area contributed by atoms with Crippen molar-refractivity contribution >= 4 is 17.7 Å². The molecular weight excluding hydrogens is 282 g/mol. The Morgan fingerprint density at radius 1 is 1.23 bits per heavy atom. The first-order valence-corrected chi connectivity index (χ1v) is 7.54. The second kappa shape index (κ2) is 6.55. The van der Waals surface area contributed by atoms with Crippen LogP contribution in [0, 0.1) is 6.92 Å². The molecule has 0 bridgehead atoms. The topological polar surface area (TPSA) is 92.9 Å². The van der Waals surface area contributed by atoms with Crippen LogP contribution < -0.4 is 10.6 Å². The molecule has 2 N–H and O–H groups in total. The van der Waals surface area contributed by atoms with Crippen molar-refractivity contribution in [2.24, 2.45) is 0 Å². The van der Waals surface area contributed by atoms with Crippen LogP contribution in [0.25, 0.3) is 0 Å². The van der Waals surface area contributed by atoms with Crippen molar-refractivity contribution in [3.05, 3.63) is 29.8 Å². The Morgan fingerprint density at radius 3 is 2.59 bits per heavy atom. The molecule has 0 spiro atoms. The molecule has 1 aliphatic carbocycles. The largest absolute Gasteiger partial charge is 0.360 e. The molecule has 1 aliphatic rings. The van der Waals surface area contributed by atoms with Crippen LogP contribution >= 0.6 is 0 Å². The Morgan fingerprint density at radius 2 is 1.95 bits per heavy atom. The zero-order chi connectivity index (χ0) is 15.4. The first kappa shape index (κ1) is 14.5. The Bertz CT molecular complexity index is 632. The van der Waals surface area contributed by atoms with Crippen LogP contribution in [0.2, 0.25) is 0 Å². The highest BCUT2D eigenvalue weighted by Gasteiger charge is 2.17. The number of carbonyl (C=O) groups excluding carboxylic acids is 1. The monoisotopic (exact) mass is 301 g/mol. The van der Waals surface area contributed by atoms with E-state index >= 15 is 0 Å². The van der Waals surface area contributed by atoms with E-state index in [1.54, 1.807) is 13.0 Å².